The third kappa shape index (κ3) is 2.44. The maximum atomic E-state index is 11.3. The van der Waals surface area contributed by atoms with Gasteiger partial charge in [-0.25, -0.2) is 13.4 Å². The van der Waals surface area contributed by atoms with Gasteiger partial charge in [-0.3, -0.25) is 0 Å². The minimum atomic E-state index is -2.85. The van der Waals surface area contributed by atoms with Gasteiger partial charge in [0.15, 0.2) is 9.84 Å². The molecule has 0 bridgehead atoms. The second-order valence-electron chi connectivity index (χ2n) is 4.18. The molecule has 0 aromatic carbocycles. The van der Waals surface area contributed by atoms with E-state index in [1.807, 2.05) is 13.0 Å². The number of anilines is 2. The summed E-state index contributed by atoms with van der Waals surface area (Å²) in [5.74, 6) is 1.17. The molecule has 1 aromatic rings. The first-order valence-electron chi connectivity index (χ1n) is 5.15. The molecule has 0 saturated carbocycles. The lowest BCUT2D eigenvalue weighted by atomic mass is 10.2. The molecule has 3 N–H and O–H groups in total. The second-order valence-corrected chi connectivity index (χ2v) is 6.41. The Morgan fingerprint density at radius 2 is 2.31 bits per heavy atom. The van der Waals surface area contributed by atoms with Crippen molar-refractivity contribution < 1.29 is 8.42 Å². The molecular formula is C10H15N3O2S. The third-order valence-electron chi connectivity index (χ3n) is 2.67. The van der Waals surface area contributed by atoms with E-state index in [-0.39, 0.29) is 17.5 Å². The van der Waals surface area contributed by atoms with Crippen LogP contribution in [0, 0.1) is 6.92 Å². The topological polar surface area (TPSA) is 85.1 Å². The van der Waals surface area contributed by atoms with E-state index in [2.05, 4.69) is 10.3 Å². The van der Waals surface area contributed by atoms with Crippen molar-refractivity contribution in [3.8, 4) is 0 Å². The van der Waals surface area contributed by atoms with Crippen LogP contribution in [0.1, 0.15) is 12.0 Å². The fourth-order valence-electron chi connectivity index (χ4n) is 1.85. The number of nitrogen functional groups attached to an aromatic ring is 1. The molecule has 1 unspecified atom stereocenters. The van der Waals surface area contributed by atoms with E-state index >= 15 is 0 Å². The first kappa shape index (κ1) is 11.2. The lowest BCUT2D eigenvalue weighted by Crippen LogP contribution is -2.21. The molecule has 1 aliphatic heterocycles. The summed E-state index contributed by atoms with van der Waals surface area (Å²) in [5, 5.41) is 3.15. The molecule has 2 rings (SSSR count). The molecule has 0 aliphatic carbocycles. The number of hydrogen-bond acceptors (Lipinski definition) is 5. The normalized spacial score (nSPS) is 23.2. The van der Waals surface area contributed by atoms with Gasteiger partial charge in [-0.15, -0.1) is 0 Å². The largest absolute Gasteiger partial charge is 0.397 e. The van der Waals surface area contributed by atoms with Crippen LogP contribution in [0.5, 0.6) is 0 Å². The van der Waals surface area contributed by atoms with E-state index in [1.165, 1.54) is 0 Å². The molecule has 1 aromatic heterocycles. The summed E-state index contributed by atoms with van der Waals surface area (Å²) in [4.78, 5) is 4.16. The lowest BCUT2D eigenvalue weighted by molar-refractivity contribution is 0.602. The Balaban J connectivity index is 2.11. The van der Waals surface area contributed by atoms with Gasteiger partial charge in [-0.2, -0.15) is 0 Å². The number of nitrogens with zero attached hydrogens (tertiary/aromatic N) is 1. The van der Waals surface area contributed by atoms with Crippen LogP contribution in [0.2, 0.25) is 0 Å². The fraction of sp³-hybridized carbons (Fsp3) is 0.500. The van der Waals surface area contributed by atoms with Crippen LogP contribution >= 0.6 is 0 Å². The number of rotatable bonds is 2. The van der Waals surface area contributed by atoms with E-state index in [1.54, 1.807) is 6.20 Å². The van der Waals surface area contributed by atoms with Gasteiger partial charge in [-0.1, -0.05) is 0 Å². The minimum absolute atomic E-state index is 0.0279. The smallest absolute Gasteiger partial charge is 0.152 e. The van der Waals surface area contributed by atoms with Crippen LogP contribution in [0.3, 0.4) is 0 Å². The zero-order chi connectivity index (χ0) is 11.8. The van der Waals surface area contributed by atoms with Crippen molar-refractivity contribution >= 4 is 21.3 Å². The maximum Gasteiger partial charge on any atom is 0.152 e. The number of sulfone groups is 1. The predicted molar refractivity (Wildman–Crippen MR) is 64.1 cm³/mol. The Morgan fingerprint density at radius 1 is 1.56 bits per heavy atom. The average molecular weight is 241 g/mol. The van der Waals surface area contributed by atoms with Crippen molar-refractivity contribution in [1.82, 2.24) is 4.98 Å². The molecule has 1 atom stereocenters. The van der Waals surface area contributed by atoms with E-state index in [4.69, 9.17) is 5.73 Å². The summed E-state index contributed by atoms with van der Waals surface area (Å²) in [6, 6.07) is 1.79. The summed E-state index contributed by atoms with van der Waals surface area (Å²) < 4.78 is 22.6. The average Bonchev–Trinajstić information content (AvgIpc) is 2.51. The van der Waals surface area contributed by atoms with Gasteiger partial charge in [0, 0.05) is 6.04 Å². The molecule has 1 aliphatic rings. The van der Waals surface area contributed by atoms with Gasteiger partial charge < -0.3 is 11.1 Å². The Labute approximate surface area is 95.0 Å². The van der Waals surface area contributed by atoms with Crippen molar-refractivity contribution in [3.05, 3.63) is 17.8 Å². The highest BCUT2D eigenvalue weighted by molar-refractivity contribution is 7.91. The molecule has 0 spiro atoms. The molecule has 6 heteroatoms. The molecule has 2 heterocycles. The summed E-state index contributed by atoms with van der Waals surface area (Å²) in [6.45, 7) is 1.90. The van der Waals surface area contributed by atoms with Gasteiger partial charge in [0.1, 0.15) is 5.82 Å². The summed E-state index contributed by atoms with van der Waals surface area (Å²) in [7, 11) is -2.85. The van der Waals surface area contributed by atoms with Crippen LogP contribution in [-0.4, -0.2) is 30.9 Å². The van der Waals surface area contributed by atoms with Crippen molar-refractivity contribution in [2.45, 2.75) is 19.4 Å². The summed E-state index contributed by atoms with van der Waals surface area (Å²) in [5.41, 5.74) is 7.14. The van der Waals surface area contributed by atoms with Crippen molar-refractivity contribution in [1.29, 1.82) is 0 Å². The van der Waals surface area contributed by atoms with Crippen LogP contribution in [0.25, 0.3) is 0 Å². The summed E-state index contributed by atoms with van der Waals surface area (Å²) in [6.07, 6.45) is 2.21. The van der Waals surface area contributed by atoms with Crippen LogP contribution in [0.4, 0.5) is 11.5 Å². The Morgan fingerprint density at radius 3 is 2.88 bits per heavy atom. The van der Waals surface area contributed by atoms with Crippen LogP contribution in [-0.2, 0) is 9.84 Å². The highest BCUT2D eigenvalue weighted by atomic mass is 32.2. The first-order valence-corrected chi connectivity index (χ1v) is 6.97. The Hall–Kier alpha value is -1.30. The third-order valence-corrected chi connectivity index (χ3v) is 4.44. The molecular weight excluding hydrogens is 226 g/mol. The molecule has 0 radical (unpaired) electrons. The zero-order valence-corrected chi connectivity index (χ0v) is 9.92. The number of nitrogens with one attached hydrogen (secondary N) is 1. The highest BCUT2D eigenvalue weighted by Crippen LogP contribution is 2.19. The lowest BCUT2D eigenvalue weighted by Gasteiger charge is -2.13. The van der Waals surface area contributed by atoms with Gasteiger partial charge in [0.25, 0.3) is 0 Å². The predicted octanol–water partition coefficient (Wildman–Crippen LogP) is 0.571. The minimum Gasteiger partial charge on any atom is -0.397 e. The van der Waals surface area contributed by atoms with E-state index < -0.39 is 9.84 Å². The van der Waals surface area contributed by atoms with Crippen molar-refractivity contribution in [2.24, 2.45) is 0 Å². The standard InChI is InChI=1S/C10H15N3O2S/c1-7-4-8(11)5-12-10(7)13-9-2-3-16(14,15)6-9/h4-5,9H,2-3,6,11H2,1H3,(H,12,13). The van der Waals surface area contributed by atoms with E-state index in [0.717, 1.165) is 11.4 Å². The van der Waals surface area contributed by atoms with Gasteiger partial charge in [-0.05, 0) is 25.0 Å². The SMILES string of the molecule is Cc1cc(N)cnc1NC1CCS(=O)(=O)C1. The molecule has 1 fully saturated rings. The molecule has 16 heavy (non-hydrogen) atoms. The molecule has 5 nitrogen and oxygen atoms in total. The van der Waals surface area contributed by atoms with E-state index in [0.29, 0.717) is 12.1 Å². The number of aromatic nitrogens is 1. The van der Waals surface area contributed by atoms with Crippen molar-refractivity contribution in [2.75, 3.05) is 22.6 Å². The van der Waals surface area contributed by atoms with Crippen LogP contribution in [0.15, 0.2) is 12.3 Å². The summed E-state index contributed by atoms with van der Waals surface area (Å²) >= 11 is 0. The Bertz CT molecular complexity index is 499. The second kappa shape index (κ2) is 3.93. The fourth-order valence-corrected chi connectivity index (χ4v) is 3.52. The number of pyridine rings is 1. The quantitative estimate of drug-likeness (QED) is 0.790. The van der Waals surface area contributed by atoms with Crippen molar-refractivity contribution in [3.63, 3.8) is 0 Å². The number of nitrogens with two attached hydrogens (primary N) is 1. The first-order chi connectivity index (χ1) is 7.46. The highest BCUT2D eigenvalue weighted by Gasteiger charge is 2.28. The number of hydrogen-bond donors (Lipinski definition) is 2. The maximum absolute atomic E-state index is 11.3. The Kier molecular flexibility index (Phi) is 2.75. The van der Waals surface area contributed by atoms with E-state index in [9.17, 15) is 8.42 Å². The van der Waals surface area contributed by atoms with Gasteiger partial charge in [0.05, 0.1) is 23.4 Å². The van der Waals surface area contributed by atoms with Gasteiger partial charge >= 0.3 is 0 Å². The zero-order valence-electron chi connectivity index (χ0n) is 9.10. The molecule has 0 amide bonds. The molecule has 88 valence electrons. The monoisotopic (exact) mass is 241 g/mol. The van der Waals surface area contributed by atoms with Crippen LogP contribution < -0.4 is 11.1 Å². The van der Waals surface area contributed by atoms with Gasteiger partial charge in [0.2, 0.25) is 0 Å². The number of aryl methyl sites for hydroxylation is 1. The molecule has 1 saturated heterocycles.